The van der Waals surface area contributed by atoms with Gasteiger partial charge >= 0.3 is 17.9 Å². The van der Waals surface area contributed by atoms with E-state index in [9.17, 15) is 19.2 Å². The van der Waals surface area contributed by atoms with Crippen LogP contribution >= 0.6 is 0 Å². The molecule has 1 aromatic heterocycles. The van der Waals surface area contributed by atoms with Crippen molar-refractivity contribution in [3.63, 3.8) is 0 Å². The van der Waals surface area contributed by atoms with E-state index in [-0.39, 0.29) is 36.1 Å². The molecule has 0 radical (unpaired) electrons. The SMILES string of the molecule is COCCC(=O)OCOc1c(OC)ccnc1C(=O)NC1COC(=O)C(Cc2ccccc2)C(OCC(C)C)C(C)OC1=O. The highest BCUT2D eigenvalue weighted by molar-refractivity contribution is 5.98. The van der Waals surface area contributed by atoms with Crippen molar-refractivity contribution in [2.75, 3.05) is 40.8 Å². The molecule has 3 rings (SSSR count). The summed E-state index contributed by atoms with van der Waals surface area (Å²) in [7, 11) is 2.81. The van der Waals surface area contributed by atoms with E-state index in [1.54, 1.807) is 6.92 Å². The molecule has 44 heavy (non-hydrogen) atoms. The number of carbonyl (C=O) groups is 4. The minimum atomic E-state index is -1.37. The molecule has 240 valence electrons. The van der Waals surface area contributed by atoms with Crippen LogP contribution in [0.5, 0.6) is 11.5 Å². The van der Waals surface area contributed by atoms with E-state index in [2.05, 4.69) is 10.3 Å². The first kappa shape index (κ1) is 34.3. The number of amides is 1. The number of esters is 3. The predicted octanol–water partition coefficient (Wildman–Crippen LogP) is 2.49. The van der Waals surface area contributed by atoms with E-state index in [0.29, 0.717) is 13.0 Å². The van der Waals surface area contributed by atoms with Gasteiger partial charge in [-0.05, 0) is 24.8 Å². The molecule has 2 aromatic rings. The van der Waals surface area contributed by atoms with Crippen LogP contribution in [0.2, 0.25) is 0 Å². The van der Waals surface area contributed by atoms with Gasteiger partial charge < -0.3 is 38.5 Å². The lowest BCUT2D eigenvalue weighted by atomic mass is 9.91. The molecule has 1 N–H and O–H groups in total. The standard InChI is InChI=1S/C31H40N2O11/c1-19(2)16-40-27-20(3)44-31(37)23(17-41-30(36)22(27)15-21-9-7-6-8-10-21)33-29(35)26-28(24(39-5)11-13-32-26)43-18-42-25(34)12-14-38-4/h6-11,13,19-20,22-23,27H,12,14-18H2,1-5H3,(H,33,35). The number of pyridine rings is 1. The monoisotopic (exact) mass is 616 g/mol. The number of carbonyl (C=O) groups excluding carboxylic acids is 4. The average molecular weight is 617 g/mol. The lowest BCUT2D eigenvalue weighted by Gasteiger charge is -2.30. The largest absolute Gasteiger partial charge is 0.493 e. The Labute approximate surface area is 256 Å². The topological polar surface area (TPSA) is 158 Å². The van der Waals surface area contributed by atoms with Crippen molar-refractivity contribution in [1.29, 1.82) is 0 Å². The Balaban J connectivity index is 1.80. The van der Waals surface area contributed by atoms with Gasteiger partial charge in [0.1, 0.15) is 18.8 Å². The summed E-state index contributed by atoms with van der Waals surface area (Å²) in [5.41, 5.74) is 0.626. The molecule has 1 fully saturated rings. The highest BCUT2D eigenvalue weighted by Gasteiger charge is 2.40. The van der Waals surface area contributed by atoms with E-state index in [1.165, 1.54) is 26.5 Å². The molecule has 0 bridgehead atoms. The first-order chi connectivity index (χ1) is 21.1. The minimum Gasteiger partial charge on any atom is -0.493 e. The third-order valence-electron chi connectivity index (χ3n) is 6.60. The number of nitrogens with zero attached hydrogens (tertiary/aromatic N) is 1. The van der Waals surface area contributed by atoms with Crippen LogP contribution in [0.3, 0.4) is 0 Å². The van der Waals surface area contributed by atoms with Gasteiger partial charge in [-0.3, -0.25) is 14.4 Å². The number of benzene rings is 1. The normalized spacial score (nSPS) is 20.4. The second-order valence-corrected chi connectivity index (χ2v) is 10.5. The molecule has 1 aliphatic rings. The second-order valence-electron chi connectivity index (χ2n) is 10.5. The van der Waals surface area contributed by atoms with Crippen LogP contribution in [-0.4, -0.2) is 87.9 Å². The van der Waals surface area contributed by atoms with E-state index >= 15 is 0 Å². The molecule has 13 heteroatoms. The molecule has 1 aromatic carbocycles. The number of hydrogen-bond acceptors (Lipinski definition) is 12. The molecule has 0 spiro atoms. The molecular formula is C31H40N2O11. The highest BCUT2D eigenvalue weighted by Crippen LogP contribution is 2.30. The lowest BCUT2D eigenvalue weighted by Crippen LogP contribution is -2.46. The van der Waals surface area contributed by atoms with Crippen molar-refractivity contribution in [3.8, 4) is 11.5 Å². The Hall–Kier alpha value is -4.23. The van der Waals surface area contributed by atoms with Gasteiger partial charge in [0.25, 0.3) is 5.91 Å². The quantitative estimate of drug-likeness (QED) is 0.188. The molecule has 2 heterocycles. The smallest absolute Gasteiger partial charge is 0.332 e. The maximum atomic E-state index is 13.4. The molecule has 1 aliphatic heterocycles. The molecule has 13 nitrogen and oxygen atoms in total. The van der Waals surface area contributed by atoms with Crippen molar-refractivity contribution in [1.82, 2.24) is 10.3 Å². The summed E-state index contributed by atoms with van der Waals surface area (Å²) in [5.74, 6) is -3.45. The zero-order valence-corrected chi connectivity index (χ0v) is 25.6. The van der Waals surface area contributed by atoms with Gasteiger partial charge in [-0.25, -0.2) is 9.78 Å². The van der Waals surface area contributed by atoms with Gasteiger partial charge in [0, 0.05) is 26.0 Å². The van der Waals surface area contributed by atoms with Crippen LogP contribution < -0.4 is 14.8 Å². The zero-order chi connectivity index (χ0) is 32.1. The first-order valence-electron chi connectivity index (χ1n) is 14.3. The number of aromatic nitrogens is 1. The maximum Gasteiger partial charge on any atom is 0.332 e. The summed E-state index contributed by atoms with van der Waals surface area (Å²) < 4.78 is 38.1. The van der Waals surface area contributed by atoms with Crippen molar-refractivity contribution in [2.45, 2.75) is 51.9 Å². The summed E-state index contributed by atoms with van der Waals surface area (Å²) in [5, 5.41) is 2.52. The van der Waals surface area contributed by atoms with Crippen LogP contribution in [0.15, 0.2) is 42.6 Å². The number of methoxy groups -OCH3 is 2. The highest BCUT2D eigenvalue weighted by atomic mass is 16.7. The van der Waals surface area contributed by atoms with Gasteiger partial charge in [-0.2, -0.15) is 0 Å². The Kier molecular flexibility index (Phi) is 13.4. The number of nitrogens with one attached hydrogen (secondary N) is 1. The van der Waals surface area contributed by atoms with Gasteiger partial charge in [-0.15, -0.1) is 0 Å². The van der Waals surface area contributed by atoms with Crippen LogP contribution in [0.1, 0.15) is 43.2 Å². The fourth-order valence-electron chi connectivity index (χ4n) is 4.39. The average Bonchev–Trinajstić information content (AvgIpc) is 3.04. The summed E-state index contributed by atoms with van der Waals surface area (Å²) in [6, 6.07) is 9.46. The van der Waals surface area contributed by atoms with Crippen molar-refractivity contribution in [2.24, 2.45) is 11.8 Å². The van der Waals surface area contributed by atoms with Gasteiger partial charge in [-0.1, -0.05) is 44.2 Å². The Bertz CT molecular complexity index is 1250. The van der Waals surface area contributed by atoms with Crippen LogP contribution in [0.25, 0.3) is 0 Å². The van der Waals surface area contributed by atoms with E-state index in [4.69, 9.17) is 33.2 Å². The summed E-state index contributed by atoms with van der Waals surface area (Å²) in [4.78, 5) is 56.0. The van der Waals surface area contributed by atoms with Crippen molar-refractivity contribution < 1.29 is 52.3 Å². The predicted molar refractivity (Wildman–Crippen MR) is 155 cm³/mol. The van der Waals surface area contributed by atoms with Crippen molar-refractivity contribution >= 4 is 23.8 Å². The van der Waals surface area contributed by atoms with Crippen molar-refractivity contribution in [3.05, 3.63) is 53.9 Å². The molecule has 1 saturated heterocycles. The summed E-state index contributed by atoms with van der Waals surface area (Å²) >= 11 is 0. The summed E-state index contributed by atoms with van der Waals surface area (Å²) in [6.45, 7) is 5.05. The van der Waals surface area contributed by atoms with Crippen LogP contribution in [0, 0.1) is 11.8 Å². The van der Waals surface area contributed by atoms with Gasteiger partial charge in [0.05, 0.1) is 26.1 Å². The van der Waals surface area contributed by atoms with Gasteiger partial charge in [0.2, 0.25) is 6.79 Å². The Morgan fingerprint density at radius 3 is 2.52 bits per heavy atom. The molecule has 4 unspecified atom stereocenters. The molecule has 0 aliphatic carbocycles. The molecule has 0 saturated carbocycles. The Morgan fingerprint density at radius 1 is 1.09 bits per heavy atom. The van der Waals surface area contributed by atoms with Crippen LogP contribution in [0.4, 0.5) is 0 Å². The van der Waals surface area contributed by atoms with E-state index in [0.717, 1.165) is 5.56 Å². The van der Waals surface area contributed by atoms with E-state index in [1.807, 2.05) is 44.2 Å². The lowest BCUT2D eigenvalue weighted by molar-refractivity contribution is -0.165. The second kappa shape index (κ2) is 17.2. The number of ether oxygens (including phenoxy) is 7. The fourth-order valence-corrected chi connectivity index (χ4v) is 4.39. The summed E-state index contributed by atoms with van der Waals surface area (Å²) in [6.07, 6.45) is -0.0314. The minimum absolute atomic E-state index is 0.00782. The molecule has 4 atom stereocenters. The van der Waals surface area contributed by atoms with Gasteiger partial charge in [0.15, 0.2) is 23.2 Å². The molecular weight excluding hydrogens is 576 g/mol. The number of hydrogen-bond donors (Lipinski definition) is 1. The Morgan fingerprint density at radius 2 is 1.84 bits per heavy atom. The first-order valence-corrected chi connectivity index (χ1v) is 14.3. The number of cyclic esters (lactones) is 2. The van der Waals surface area contributed by atoms with Crippen LogP contribution in [-0.2, 0) is 44.5 Å². The third-order valence-corrected chi connectivity index (χ3v) is 6.60. The zero-order valence-electron chi connectivity index (χ0n) is 25.6. The molecule has 1 amide bonds. The number of rotatable bonds is 14. The maximum absolute atomic E-state index is 13.4. The fraction of sp³-hybridized carbons (Fsp3) is 0.516. The van der Waals surface area contributed by atoms with E-state index < -0.39 is 61.4 Å². The third kappa shape index (κ3) is 9.91.